The van der Waals surface area contributed by atoms with E-state index in [2.05, 4.69) is 10.2 Å². The Labute approximate surface area is 234 Å². The molecule has 9 heteroatoms. The SMILES string of the molecule is CC(C)(C)c1cc(/C=C2\SC(=O)N(CC(=O)Nc3ccccc3N3CCOCC3)C2=O)cc(C(C)(C)C)c1O. The lowest BCUT2D eigenvalue weighted by Crippen LogP contribution is -2.38. The maximum atomic E-state index is 13.2. The molecule has 2 heterocycles. The van der Waals surface area contributed by atoms with Crippen LogP contribution >= 0.6 is 11.8 Å². The highest BCUT2D eigenvalue weighted by Crippen LogP contribution is 2.41. The lowest BCUT2D eigenvalue weighted by atomic mass is 9.78. The van der Waals surface area contributed by atoms with Gasteiger partial charge in [-0.25, -0.2) is 0 Å². The fourth-order valence-electron chi connectivity index (χ4n) is 4.66. The maximum Gasteiger partial charge on any atom is 0.294 e. The van der Waals surface area contributed by atoms with Crippen molar-refractivity contribution < 1.29 is 24.2 Å². The van der Waals surface area contributed by atoms with Crippen molar-refractivity contribution in [2.24, 2.45) is 0 Å². The number of morpholine rings is 1. The number of phenolic OH excluding ortho intramolecular Hbond substituents is 1. The summed E-state index contributed by atoms with van der Waals surface area (Å²) in [5.74, 6) is -0.715. The van der Waals surface area contributed by atoms with Gasteiger partial charge in [0.15, 0.2) is 0 Å². The molecule has 2 aromatic rings. The molecule has 2 aliphatic rings. The first kappa shape index (κ1) is 28.7. The summed E-state index contributed by atoms with van der Waals surface area (Å²) in [6.07, 6.45) is 1.67. The first-order valence-electron chi connectivity index (χ1n) is 13.1. The zero-order valence-corrected chi connectivity index (χ0v) is 24.3. The lowest BCUT2D eigenvalue weighted by molar-refractivity contribution is -0.127. The van der Waals surface area contributed by atoms with E-state index < -0.39 is 17.1 Å². The van der Waals surface area contributed by atoms with Crippen LogP contribution in [0.4, 0.5) is 16.2 Å². The van der Waals surface area contributed by atoms with Gasteiger partial charge in [-0.05, 0) is 58.5 Å². The van der Waals surface area contributed by atoms with Crippen LogP contribution in [0.2, 0.25) is 0 Å². The molecule has 0 saturated carbocycles. The zero-order chi connectivity index (χ0) is 28.5. The molecule has 0 atom stereocenters. The number of nitrogens with zero attached hydrogens (tertiary/aromatic N) is 2. The molecule has 0 bridgehead atoms. The number of rotatable bonds is 5. The Morgan fingerprint density at radius 3 is 2.21 bits per heavy atom. The number of para-hydroxylation sites is 2. The second kappa shape index (κ2) is 11.1. The van der Waals surface area contributed by atoms with Gasteiger partial charge in [-0.15, -0.1) is 0 Å². The summed E-state index contributed by atoms with van der Waals surface area (Å²) in [7, 11) is 0. The highest BCUT2D eigenvalue weighted by atomic mass is 32.2. The number of hydrogen-bond donors (Lipinski definition) is 2. The summed E-state index contributed by atoms with van der Waals surface area (Å²) in [4.78, 5) is 42.3. The molecule has 39 heavy (non-hydrogen) atoms. The summed E-state index contributed by atoms with van der Waals surface area (Å²) < 4.78 is 5.43. The number of benzene rings is 2. The molecule has 0 radical (unpaired) electrons. The molecule has 0 aromatic heterocycles. The molecule has 4 rings (SSSR count). The molecule has 208 valence electrons. The largest absolute Gasteiger partial charge is 0.507 e. The standard InChI is InChI=1S/C30H37N3O5S/c1-29(2,3)20-15-19(16-21(26(20)35)30(4,5)6)17-24-27(36)33(28(37)39-24)18-25(34)31-22-9-7-8-10-23(22)32-11-13-38-14-12-32/h7-10,15-17,35H,11-14,18H2,1-6H3,(H,31,34)/b24-17-. The highest BCUT2D eigenvalue weighted by molar-refractivity contribution is 8.18. The van der Waals surface area contributed by atoms with Gasteiger partial charge in [-0.2, -0.15) is 0 Å². The molecule has 2 aromatic carbocycles. The fourth-order valence-corrected chi connectivity index (χ4v) is 5.50. The number of hydrogen-bond acceptors (Lipinski definition) is 7. The zero-order valence-electron chi connectivity index (χ0n) is 23.5. The number of phenols is 1. The van der Waals surface area contributed by atoms with Crippen molar-refractivity contribution in [2.75, 3.05) is 43.1 Å². The molecule has 2 saturated heterocycles. The van der Waals surface area contributed by atoms with Gasteiger partial charge in [-0.1, -0.05) is 53.7 Å². The van der Waals surface area contributed by atoms with Crippen LogP contribution in [0.1, 0.15) is 58.2 Å². The third-order valence-electron chi connectivity index (χ3n) is 6.75. The van der Waals surface area contributed by atoms with Gasteiger partial charge in [0.1, 0.15) is 12.3 Å². The third-order valence-corrected chi connectivity index (χ3v) is 7.66. The van der Waals surface area contributed by atoms with Gasteiger partial charge in [0.25, 0.3) is 11.1 Å². The number of ether oxygens (including phenoxy) is 1. The molecule has 8 nitrogen and oxygen atoms in total. The number of thioether (sulfide) groups is 1. The molecule has 0 spiro atoms. The molecule has 0 unspecified atom stereocenters. The number of amides is 3. The Morgan fingerprint density at radius 1 is 1.03 bits per heavy atom. The average Bonchev–Trinajstić information content (AvgIpc) is 3.11. The monoisotopic (exact) mass is 551 g/mol. The third kappa shape index (κ3) is 6.47. The quantitative estimate of drug-likeness (QED) is 0.474. The second-order valence-electron chi connectivity index (χ2n) is 11.9. The number of carbonyl (C=O) groups excluding carboxylic acids is 3. The molecule has 0 aliphatic carbocycles. The average molecular weight is 552 g/mol. The van der Waals surface area contributed by atoms with Gasteiger partial charge in [-0.3, -0.25) is 19.3 Å². The molecule has 2 N–H and O–H groups in total. The summed E-state index contributed by atoms with van der Waals surface area (Å²) in [6.45, 7) is 14.4. The van der Waals surface area contributed by atoms with Crippen molar-refractivity contribution in [3.8, 4) is 5.75 Å². The van der Waals surface area contributed by atoms with E-state index in [-0.39, 0.29) is 28.0 Å². The first-order valence-corrected chi connectivity index (χ1v) is 13.9. The van der Waals surface area contributed by atoms with Crippen LogP contribution in [-0.4, -0.2) is 59.9 Å². The topological polar surface area (TPSA) is 99.2 Å². The number of imide groups is 1. The van der Waals surface area contributed by atoms with E-state index >= 15 is 0 Å². The van der Waals surface area contributed by atoms with E-state index in [0.717, 1.165) is 39.0 Å². The summed E-state index contributed by atoms with van der Waals surface area (Å²) >= 11 is 0.816. The summed E-state index contributed by atoms with van der Waals surface area (Å²) in [5.41, 5.74) is 3.08. The minimum Gasteiger partial charge on any atom is -0.507 e. The summed E-state index contributed by atoms with van der Waals surface area (Å²) in [6, 6.07) is 11.2. The van der Waals surface area contributed by atoms with Gasteiger partial charge in [0, 0.05) is 24.2 Å². The van der Waals surface area contributed by atoms with E-state index in [0.29, 0.717) is 32.0 Å². The smallest absolute Gasteiger partial charge is 0.294 e. The normalized spacial score (nSPS) is 17.7. The van der Waals surface area contributed by atoms with E-state index in [1.165, 1.54) is 0 Å². The maximum absolute atomic E-state index is 13.2. The first-order chi connectivity index (χ1) is 18.3. The number of nitrogens with one attached hydrogen (secondary N) is 1. The lowest BCUT2D eigenvalue weighted by Gasteiger charge is -2.30. The Hall–Kier alpha value is -3.30. The van der Waals surface area contributed by atoms with Gasteiger partial charge in [0.05, 0.1) is 29.5 Å². The predicted molar refractivity (Wildman–Crippen MR) is 156 cm³/mol. The Balaban J connectivity index is 1.54. The molecule has 2 aliphatic heterocycles. The van der Waals surface area contributed by atoms with Crippen molar-refractivity contribution in [3.63, 3.8) is 0 Å². The Morgan fingerprint density at radius 2 is 1.62 bits per heavy atom. The number of carbonyl (C=O) groups is 3. The van der Waals surface area contributed by atoms with Crippen LogP contribution in [0.25, 0.3) is 6.08 Å². The Kier molecular flexibility index (Phi) is 8.14. The molecular weight excluding hydrogens is 514 g/mol. The van der Waals surface area contributed by atoms with Crippen LogP contribution in [0.15, 0.2) is 41.3 Å². The molecular formula is C30H37N3O5S. The van der Waals surface area contributed by atoms with E-state index in [1.807, 2.05) is 71.9 Å². The van der Waals surface area contributed by atoms with Crippen LogP contribution in [0.5, 0.6) is 5.75 Å². The van der Waals surface area contributed by atoms with Crippen LogP contribution in [0.3, 0.4) is 0 Å². The summed E-state index contributed by atoms with van der Waals surface area (Å²) in [5, 5.41) is 13.4. The predicted octanol–water partition coefficient (Wildman–Crippen LogP) is 5.50. The van der Waals surface area contributed by atoms with E-state index in [4.69, 9.17) is 4.74 Å². The van der Waals surface area contributed by atoms with Crippen molar-refractivity contribution in [2.45, 2.75) is 52.4 Å². The molecule has 2 fully saturated rings. The van der Waals surface area contributed by atoms with Crippen molar-refractivity contribution >= 4 is 46.3 Å². The van der Waals surface area contributed by atoms with Gasteiger partial charge >= 0.3 is 0 Å². The van der Waals surface area contributed by atoms with Gasteiger partial charge in [0.2, 0.25) is 5.91 Å². The minimum absolute atomic E-state index is 0.243. The highest BCUT2D eigenvalue weighted by Gasteiger charge is 2.37. The number of aromatic hydroxyl groups is 1. The van der Waals surface area contributed by atoms with Gasteiger partial charge < -0.3 is 20.1 Å². The van der Waals surface area contributed by atoms with Crippen LogP contribution < -0.4 is 10.2 Å². The van der Waals surface area contributed by atoms with Crippen molar-refractivity contribution in [1.82, 2.24) is 4.90 Å². The minimum atomic E-state index is -0.510. The number of anilines is 2. The fraction of sp³-hybridized carbons (Fsp3) is 0.433. The van der Waals surface area contributed by atoms with E-state index in [9.17, 15) is 19.5 Å². The second-order valence-corrected chi connectivity index (χ2v) is 12.9. The van der Waals surface area contributed by atoms with Crippen molar-refractivity contribution in [1.29, 1.82) is 0 Å². The van der Waals surface area contributed by atoms with Crippen LogP contribution in [-0.2, 0) is 25.2 Å². The van der Waals surface area contributed by atoms with Crippen molar-refractivity contribution in [3.05, 3.63) is 58.0 Å². The van der Waals surface area contributed by atoms with E-state index in [1.54, 1.807) is 12.1 Å². The Bertz CT molecular complexity index is 1280. The molecule has 3 amide bonds. The van der Waals surface area contributed by atoms with Crippen LogP contribution in [0, 0.1) is 0 Å².